The lowest BCUT2D eigenvalue weighted by Gasteiger charge is -2.21. The van der Waals surface area contributed by atoms with Crippen molar-refractivity contribution in [3.63, 3.8) is 0 Å². The van der Waals surface area contributed by atoms with Crippen molar-refractivity contribution in [1.82, 2.24) is 29.5 Å². The number of alkyl halides is 5. The molecule has 1 atom stereocenters. The van der Waals surface area contributed by atoms with Gasteiger partial charge in [-0.2, -0.15) is 32.0 Å². The fourth-order valence-electron chi connectivity index (χ4n) is 4.18. The standard InChI is InChI=1S/C22H14F7N7O2/c1-20(9-2-3-10(23)11(24)6-9)14-16(35-19(20)38)33-15(34-18(14)37)13-7-36-17(30-8-31-36)12(32-13)4-5-21(25,26)22(27,28)29/h2-3,6-8H,4-5H2,1H3,(H2,33,34,35,37,38). The van der Waals surface area contributed by atoms with Crippen LogP contribution in [0, 0.1) is 11.6 Å². The lowest BCUT2D eigenvalue weighted by atomic mass is 9.78. The summed E-state index contributed by atoms with van der Waals surface area (Å²) in [7, 11) is 0. The number of hydrogen-bond donors (Lipinski definition) is 2. The van der Waals surface area contributed by atoms with E-state index < -0.39 is 53.5 Å². The minimum absolute atomic E-state index is 0.0252. The first-order valence-electron chi connectivity index (χ1n) is 10.8. The van der Waals surface area contributed by atoms with Crippen LogP contribution < -0.4 is 10.9 Å². The third-order valence-electron chi connectivity index (χ3n) is 6.27. The maximum absolute atomic E-state index is 13.9. The minimum Gasteiger partial charge on any atom is -0.324 e. The van der Waals surface area contributed by atoms with Crippen LogP contribution in [0.25, 0.3) is 17.2 Å². The van der Waals surface area contributed by atoms with Crippen LogP contribution in [0.1, 0.15) is 30.2 Å². The second-order valence-electron chi connectivity index (χ2n) is 8.65. The number of nitrogens with one attached hydrogen (secondary N) is 2. The fraction of sp³-hybridized carbons (Fsp3) is 0.273. The van der Waals surface area contributed by atoms with Gasteiger partial charge in [0, 0.05) is 6.42 Å². The van der Waals surface area contributed by atoms with Gasteiger partial charge in [0.15, 0.2) is 23.1 Å². The molecule has 1 aliphatic heterocycles. The average molecular weight is 541 g/mol. The largest absolute Gasteiger partial charge is 0.453 e. The first-order chi connectivity index (χ1) is 17.7. The molecule has 1 amide bonds. The maximum atomic E-state index is 13.9. The van der Waals surface area contributed by atoms with Gasteiger partial charge < -0.3 is 10.3 Å². The number of amides is 1. The highest BCUT2D eigenvalue weighted by atomic mass is 19.4. The van der Waals surface area contributed by atoms with Crippen LogP contribution in [-0.2, 0) is 16.6 Å². The van der Waals surface area contributed by atoms with Crippen molar-refractivity contribution in [3.05, 3.63) is 69.5 Å². The number of H-pyrrole nitrogens is 1. The number of benzene rings is 1. The van der Waals surface area contributed by atoms with E-state index in [2.05, 4.69) is 30.4 Å². The Balaban J connectivity index is 1.58. The predicted octanol–water partition coefficient (Wildman–Crippen LogP) is 3.54. The Kier molecular flexibility index (Phi) is 5.54. The molecule has 0 bridgehead atoms. The van der Waals surface area contributed by atoms with E-state index in [-0.39, 0.29) is 39.8 Å². The number of carbonyl (C=O) groups excluding carboxylic acids is 1. The van der Waals surface area contributed by atoms with E-state index >= 15 is 0 Å². The average Bonchev–Trinajstić information content (AvgIpc) is 3.41. The van der Waals surface area contributed by atoms with Crippen LogP contribution in [-0.4, -0.2) is 47.6 Å². The summed E-state index contributed by atoms with van der Waals surface area (Å²) in [4.78, 5) is 40.4. The number of aromatic nitrogens is 6. The molecule has 198 valence electrons. The molecule has 1 aromatic carbocycles. The van der Waals surface area contributed by atoms with E-state index in [0.29, 0.717) is 0 Å². The molecule has 5 rings (SSSR count). The van der Waals surface area contributed by atoms with Gasteiger partial charge in [0.1, 0.15) is 23.3 Å². The molecule has 0 spiro atoms. The molecule has 3 aromatic heterocycles. The molecule has 0 saturated heterocycles. The normalized spacial score (nSPS) is 17.6. The number of carbonyl (C=O) groups is 1. The van der Waals surface area contributed by atoms with Crippen molar-refractivity contribution in [2.24, 2.45) is 0 Å². The highest BCUT2D eigenvalue weighted by Crippen LogP contribution is 2.41. The summed E-state index contributed by atoms with van der Waals surface area (Å²) in [6.07, 6.45) is -6.00. The molecule has 0 aliphatic carbocycles. The van der Waals surface area contributed by atoms with Gasteiger partial charge in [-0.25, -0.2) is 23.3 Å². The number of aromatic amines is 1. The third kappa shape index (κ3) is 3.86. The Morgan fingerprint density at radius 3 is 2.47 bits per heavy atom. The van der Waals surface area contributed by atoms with Gasteiger partial charge >= 0.3 is 12.1 Å². The SMILES string of the molecule is CC1(c2ccc(F)c(F)c2)C(=O)Nc2[nH]c(-c3cn4ncnc4c(CCC(F)(F)C(F)(F)F)n3)nc(=O)c21. The lowest BCUT2D eigenvalue weighted by Crippen LogP contribution is -2.36. The molecule has 0 fully saturated rings. The summed E-state index contributed by atoms with van der Waals surface area (Å²) in [6.45, 7) is 1.32. The fourth-order valence-corrected chi connectivity index (χ4v) is 4.18. The van der Waals surface area contributed by atoms with Crippen LogP contribution in [0.15, 0.2) is 35.5 Å². The molecule has 2 N–H and O–H groups in total. The van der Waals surface area contributed by atoms with E-state index in [4.69, 9.17) is 0 Å². The van der Waals surface area contributed by atoms with Crippen molar-refractivity contribution in [2.75, 3.05) is 5.32 Å². The Morgan fingerprint density at radius 2 is 1.79 bits per heavy atom. The molecule has 1 aliphatic rings. The third-order valence-corrected chi connectivity index (χ3v) is 6.27. The van der Waals surface area contributed by atoms with Crippen LogP contribution in [0.2, 0.25) is 0 Å². The van der Waals surface area contributed by atoms with Crippen LogP contribution in [0.3, 0.4) is 0 Å². The van der Waals surface area contributed by atoms with Gasteiger partial charge in [0.2, 0.25) is 5.91 Å². The Bertz CT molecular complexity index is 1660. The lowest BCUT2D eigenvalue weighted by molar-refractivity contribution is -0.284. The van der Waals surface area contributed by atoms with E-state index in [1.54, 1.807) is 0 Å². The summed E-state index contributed by atoms with van der Waals surface area (Å²) < 4.78 is 93.4. The number of fused-ring (bicyclic) bond motifs is 2. The summed E-state index contributed by atoms with van der Waals surface area (Å²) >= 11 is 0. The van der Waals surface area contributed by atoms with Crippen LogP contribution in [0.5, 0.6) is 0 Å². The second-order valence-corrected chi connectivity index (χ2v) is 8.65. The highest BCUT2D eigenvalue weighted by molar-refractivity contribution is 6.07. The van der Waals surface area contributed by atoms with Gasteiger partial charge in [0.25, 0.3) is 5.56 Å². The van der Waals surface area contributed by atoms with E-state index in [0.717, 1.165) is 29.0 Å². The van der Waals surface area contributed by atoms with E-state index in [1.807, 2.05) is 0 Å². The van der Waals surface area contributed by atoms with Crippen molar-refractivity contribution in [2.45, 2.75) is 37.3 Å². The van der Waals surface area contributed by atoms with Gasteiger partial charge in [-0.3, -0.25) is 9.59 Å². The zero-order chi connectivity index (χ0) is 27.6. The number of rotatable bonds is 5. The summed E-state index contributed by atoms with van der Waals surface area (Å²) in [6, 6.07) is 2.72. The van der Waals surface area contributed by atoms with Gasteiger partial charge in [-0.05, 0) is 31.0 Å². The van der Waals surface area contributed by atoms with E-state index in [1.165, 1.54) is 13.1 Å². The molecule has 9 nitrogen and oxygen atoms in total. The van der Waals surface area contributed by atoms with Crippen molar-refractivity contribution in [1.29, 1.82) is 0 Å². The number of anilines is 1. The maximum Gasteiger partial charge on any atom is 0.453 e. The first kappa shape index (κ1) is 25.3. The summed E-state index contributed by atoms with van der Waals surface area (Å²) in [5.41, 5.74) is -3.47. The smallest absolute Gasteiger partial charge is 0.324 e. The van der Waals surface area contributed by atoms with E-state index in [9.17, 15) is 40.3 Å². The molecular formula is C22H14F7N7O2. The van der Waals surface area contributed by atoms with Gasteiger partial charge in [-0.15, -0.1) is 0 Å². The topological polar surface area (TPSA) is 118 Å². The van der Waals surface area contributed by atoms with Crippen molar-refractivity contribution >= 4 is 17.4 Å². The molecule has 1 unspecified atom stereocenters. The highest BCUT2D eigenvalue weighted by Gasteiger charge is 2.56. The molecule has 38 heavy (non-hydrogen) atoms. The Labute approximate surface area is 206 Å². The molecule has 4 aromatic rings. The summed E-state index contributed by atoms with van der Waals surface area (Å²) in [5, 5.41) is 6.29. The molecule has 4 heterocycles. The quantitative estimate of drug-likeness (QED) is 0.374. The zero-order valence-corrected chi connectivity index (χ0v) is 19.0. The van der Waals surface area contributed by atoms with Crippen LogP contribution >= 0.6 is 0 Å². The molecule has 0 radical (unpaired) electrons. The summed E-state index contributed by atoms with van der Waals surface area (Å²) in [5.74, 6) is -8.54. The second kappa shape index (κ2) is 8.32. The van der Waals surface area contributed by atoms with Crippen LogP contribution in [0.4, 0.5) is 36.6 Å². The monoisotopic (exact) mass is 541 g/mol. The Hall–Kier alpha value is -4.37. The zero-order valence-electron chi connectivity index (χ0n) is 19.0. The molecule has 16 heteroatoms. The van der Waals surface area contributed by atoms with Gasteiger partial charge in [-0.1, -0.05) is 6.07 Å². The Morgan fingerprint density at radius 1 is 1.05 bits per heavy atom. The number of halogens is 7. The minimum atomic E-state index is -5.76. The van der Waals surface area contributed by atoms with Crippen molar-refractivity contribution < 1.29 is 35.5 Å². The number of aryl methyl sites for hydroxylation is 1. The number of hydrogen-bond acceptors (Lipinski definition) is 6. The molecule has 0 saturated carbocycles. The van der Waals surface area contributed by atoms with Gasteiger partial charge in [0.05, 0.1) is 17.5 Å². The van der Waals surface area contributed by atoms with Crippen molar-refractivity contribution in [3.8, 4) is 11.5 Å². The molecular weight excluding hydrogens is 527 g/mol. The first-order valence-corrected chi connectivity index (χ1v) is 10.8. The predicted molar refractivity (Wildman–Crippen MR) is 115 cm³/mol. The number of nitrogens with zero attached hydrogens (tertiary/aromatic N) is 5.